The lowest BCUT2D eigenvalue weighted by Gasteiger charge is -2.21. The van der Waals surface area contributed by atoms with Crippen molar-refractivity contribution in [2.75, 3.05) is 6.61 Å². The van der Waals surface area contributed by atoms with Crippen LogP contribution in [-0.4, -0.2) is 18.2 Å². The van der Waals surface area contributed by atoms with Crippen molar-refractivity contribution in [3.05, 3.63) is 47.5 Å². The molecule has 0 amide bonds. The molecular formula is C22H29FO2. The highest BCUT2D eigenvalue weighted by Gasteiger charge is 2.26. The van der Waals surface area contributed by atoms with Crippen LogP contribution >= 0.6 is 0 Å². The molecule has 0 saturated carbocycles. The molecule has 2 aromatic carbocycles. The van der Waals surface area contributed by atoms with Crippen LogP contribution in [0.1, 0.15) is 63.5 Å². The van der Waals surface area contributed by atoms with Gasteiger partial charge in [0, 0.05) is 0 Å². The van der Waals surface area contributed by atoms with Gasteiger partial charge in [0.15, 0.2) is 0 Å². The minimum atomic E-state index is -1.45. The summed E-state index contributed by atoms with van der Waals surface area (Å²) < 4.78 is 19.7. The summed E-state index contributed by atoms with van der Waals surface area (Å²) in [6, 6.07) is 12.2. The summed E-state index contributed by atoms with van der Waals surface area (Å²) in [6.07, 6.45) is 3.30. The van der Waals surface area contributed by atoms with E-state index in [0.29, 0.717) is 6.42 Å². The van der Waals surface area contributed by atoms with Gasteiger partial charge in [0.05, 0.1) is 5.92 Å². The third-order valence-corrected chi connectivity index (χ3v) is 4.69. The van der Waals surface area contributed by atoms with E-state index in [9.17, 15) is 9.18 Å². The number of aryl methyl sites for hydroxylation is 1. The molecule has 3 heteroatoms. The van der Waals surface area contributed by atoms with E-state index in [2.05, 4.69) is 32.0 Å². The van der Waals surface area contributed by atoms with Gasteiger partial charge in [-0.3, -0.25) is 4.79 Å². The van der Waals surface area contributed by atoms with Crippen LogP contribution in [-0.2, 0) is 9.53 Å². The quantitative estimate of drug-likeness (QED) is 0.427. The minimum absolute atomic E-state index is 0.174. The van der Waals surface area contributed by atoms with E-state index in [0.717, 1.165) is 35.6 Å². The smallest absolute Gasteiger partial charge is 0.313 e. The van der Waals surface area contributed by atoms with Gasteiger partial charge in [-0.1, -0.05) is 68.1 Å². The molecule has 2 rings (SSSR count). The normalized spacial score (nSPS) is 14.9. The molecule has 0 radical (unpaired) electrons. The van der Waals surface area contributed by atoms with Gasteiger partial charge >= 0.3 is 5.97 Å². The van der Waals surface area contributed by atoms with Crippen molar-refractivity contribution < 1.29 is 13.9 Å². The summed E-state index contributed by atoms with van der Waals surface area (Å²) in [5, 5.41) is 2.24. The van der Waals surface area contributed by atoms with Crippen molar-refractivity contribution >= 4 is 16.7 Å². The minimum Gasteiger partial charge on any atom is -0.462 e. The van der Waals surface area contributed by atoms with E-state index in [1.165, 1.54) is 12.5 Å². The lowest BCUT2D eigenvalue weighted by Crippen LogP contribution is -2.28. The van der Waals surface area contributed by atoms with Crippen LogP contribution in [0, 0.1) is 6.92 Å². The Morgan fingerprint density at radius 2 is 1.84 bits per heavy atom. The molecule has 2 nitrogen and oxygen atoms in total. The predicted octanol–water partition coefficient (Wildman–Crippen LogP) is 6.10. The Balaban J connectivity index is 1.98. The lowest BCUT2D eigenvalue weighted by atomic mass is 9.97. The first-order chi connectivity index (χ1) is 11.8. The third kappa shape index (κ3) is 5.55. The average molecular weight is 344 g/mol. The largest absolute Gasteiger partial charge is 0.462 e. The maximum Gasteiger partial charge on any atom is 0.313 e. The number of carbonyl (C=O) groups excluding carboxylic acids is 1. The number of esters is 1. The first-order valence-corrected chi connectivity index (χ1v) is 9.18. The van der Waals surface area contributed by atoms with Crippen molar-refractivity contribution in [1.29, 1.82) is 0 Å². The molecule has 0 aliphatic heterocycles. The van der Waals surface area contributed by atoms with Crippen molar-refractivity contribution in [3.63, 3.8) is 0 Å². The Kier molecular flexibility index (Phi) is 6.57. The Morgan fingerprint density at radius 1 is 1.16 bits per heavy atom. The zero-order chi connectivity index (χ0) is 18.4. The SMILES string of the molecule is CCCCC[C@](C)(F)COC(=O)[C@@H](C)c1ccc2cc(C)ccc2c1. The average Bonchev–Trinajstić information content (AvgIpc) is 2.58. The Morgan fingerprint density at radius 3 is 2.56 bits per heavy atom. The second-order valence-corrected chi connectivity index (χ2v) is 7.31. The standard InChI is InChI=1S/C22H29FO2/c1-5-6-7-12-22(4,23)15-25-21(24)17(3)18-10-11-19-13-16(2)8-9-20(19)14-18/h8-11,13-14,17H,5-7,12,15H2,1-4H3/t17-,22-/m0/s1. The van der Waals surface area contributed by atoms with Gasteiger partial charge in [-0.15, -0.1) is 0 Å². The molecule has 0 aromatic heterocycles. The molecule has 0 bridgehead atoms. The molecule has 0 unspecified atom stereocenters. The van der Waals surface area contributed by atoms with E-state index in [-0.39, 0.29) is 12.6 Å². The topological polar surface area (TPSA) is 26.3 Å². The van der Waals surface area contributed by atoms with Gasteiger partial charge in [-0.2, -0.15) is 0 Å². The molecule has 2 atom stereocenters. The maximum atomic E-state index is 14.4. The molecule has 0 aliphatic rings. The van der Waals surface area contributed by atoms with Crippen LogP contribution in [0.5, 0.6) is 0 Å². The molecule has 0 fully saturated rings. The van der Waals surface area contributed by atoms with Crippen LogP contribution in [0.3, 0.4) is 0 Å². The summed E-state index contributed by atoms with van der Waals surface area (Å²) in [5.74, 6) is -0.775. The van der Waals surface area contributed by atoms with Crippen LogP contribution in [0.25, 0.3) is 10.8 Å². The number of halogens is 1. The molecule has 0 aliphatic carbocycles. The Bertz CT molecular complexity index is 721. The van der Waals surface area contributed by atoms with Gasteiger partial charge in [-0.25, -0.2) is 4.39 Å². The molecule has 136 valence electrons. The number of ether oxygens (including phenoxy) is 1. The highest BCUT2D eigenvalue weighted by atomic mass is 19.1. The highest BCUT2D eigenvalue weighted by Crippen LogP contribution is 2.25. The Hall–Kier alpha value is -1.90. The van der Waals surface area contributed by atoms with Crippen LogP contribution in [0.15, 0.2) is 36.4 Å². The van der Waals surface area contributed by atoms with Crippen LogP contribution < -0.4 is 0 Å². The summed E-state index contributed by atoms with van der Waals surface area (Å²) in [4.78, 5) is 12.3. The van der Waals surface area contributed by atoms with E-state index in [1.54, 1.807) is 0 Å². The number of carbonyl (C=O) groups is 1. The number of rotatable bonds is 8. The molecule has 0 saturated heterocycles. The summed E-state index contributed by atoms with van der Waals surface area (Å²) in [6.45, 7) is 7.29. The van der Waals surface area contributed by atoms with Crippen LogP contribution in [0.4, 0.5) is 4.39 Å². The van der Waals surface area contributed by atoms with Gasteiger partial charge in [0.2, 0.25) is 0 Å². The maximum absolute atomic E-state index is 14.4. The van der Waals surface area contributed by atoms with Crippen molar-refractivity contribution in [1.82, 2.24) is 0 Å². The summed E-state index contributed by atoms with van der Waals surface area (Å²) in [7, 11) is 0. The molecule has 0 heterocycles. The lowest BCUT2D eigenvalue weighted by molar-refractivity contribution is -0.149. The van der Waals surface area contributed by atoms with E-state index in [4.69, 9.17) is 4.74 Å². The zero-order valence-corrected chi connectivity index (χ0v) is 15.8. The van der Waals surface area contributed by atoms with Gasteiger partial charge in [0.25, 0.3) is 0 Å². The number of hydrogen-bond donors (Lipinski definition) is 0. The fourth-order valence-corrected chi connectivity index (χ4v) is 2.95. The van der Waals surface area contributed by atoms with Gasteiger partial charge in [0.1, 0.15) is 12.3 Å². The summed E-state index contributed by atoms with van der Waals surface area (Å²) in [5.41, 5.74) is 0.650. The van der Waals surface area contributed by atoms with E-state index in [1.807, 2.05) is 25.1 Å². The third-order valence-electron chi connectivity index (χ3n) is 4.69. The van der Waals surface area contributed by atoms with Crippen molar-refractivity contribution in [3.8, 4) is 0 Å². The molecule has 25 heavy (non-hydrogen) atoms. The first kappa shape index (κ1) is 19.4. The number of benzene rings is 2. The molecule has 2 aromatic rings. The van der Waals surface area contributed by atoms with Crippen LogP contribution in [0.2, 0.25) is 0 Å². The number of fused-ring (bicyclic) bond motifs is 1. The molecule has 0 spiro atoms. The van der Waals surface area contributed by atoms with E-state index >= 15 is 0 Å². The number of hydrogen-bond acceptors (Lipinski definition) is 2. The fraction of sp³-hybridized carbons (Fsp3) is 0.500. The second-order valence-electron chi connectivity index (χ2n) is 7.31. The first-order valence-electron chi connectivity index (χ1n) is 9.18. The monoisotopic (exact) mass is 344 g/mol. The van der Waals surface area contributed by atoms with Gasteiger partial charge < -0.3 is 4.74 Å². The predicted molar refractivity (Wildman–Crippen MR) is 102 cm³/mol. The number of alkyl halides is 1. The summed E-state index contributed by atoms with van der Waals surface area (Å²) >= 11 is 0. The van der Waals surface area contributed by atoms with Crippen molar-refractivity contribution in [2.24, 2.45) is 0 Å². The second kappa shape index (κ2) is 8.46. The Labute approximate surface area is 150 Å². The number of unbranched alkanes of at least 4 members (excludes halogenated alkanes) is 2. The fourth-order valence-electron chi connectivity index (χ4n) is 2.95. The zero-order valence-electron chi connectivity index (χ0n) is 15.8. The molecular weight excluding hydrogens is 315 g/mol. The van der Waals surface area contributed by atoms with Crippen molar-refractivity contribution in [2.45, 2.75) is 65.0 Å². The van der Waals surface area contributed by atoms with Gasteiger partial charge in [-0.05, 0) is 43.5 Å². The van der Waals surface area contributed by atoms with E-state index < -0.39 is 11.6 Å². The highest BCUT2D eigenvalue weighted by molar-refractivity contribution is 5.86. The molecule has 0 N–H and O–H groups in total.